The van der Waals surface area contributed by atoms with E-state index in [1.54, 1.807) is 38.4 Å². The summed E-state index contributed by atoms with van der Waals surface area (Å²) in [5.74, 6) is 1.41. The van der Waals surface area contributed by atoms with Gasteiger partial charge in [-0.2, -0.15) is 0 Å². The second-order valence-electron chi connectivity index (χ2n) is 7.66. The van der Waals surface area contributed by atoms with Gasteiger partial charge in [0.15, 0.2) is 5.96 Å². The van der Waals surface area contributed by atoms with E-state index < -0.39 is 0 Å². The van der Waals surface area contributed by atoms with Crippen LogP contribution in [0, 0.1) is 0 Å². The van der Waals surface area contributed by atoms with Crippen LogP contribution in [0.2, 0.25) is 0 Å². The molecule has 0 saturated carbocycles. The van der Waals surface area contributed by atoms with Crippen LogP contribution in [-0.4, -0.2) is 63.1 Å². The summed E-state index contributed by atoms with van der Waals surface area (Å²) >= 11 is 0. The fraction of sp³-hybridized carbons (Fsp3) is 0.417. The zero-order valence-electron chi connectivity index (χ0n) is 18.4. The monoisotopic (exact) mass is 423 g/mol. The van der Waals surface area contributed by atoms with E-state index in [0.29, 0.717) is 24.7 Å². The van der Waals surface area contributed by atoms with Crippen LogP contribution in [-0.2, 0) is 6.54 Å². The zero-order valence-corrected chi connectivity index (χ0v) is 18.4. The highest BCUT2D eigenvalue weighted by molar-refractivity contribution is 5.94. The lowest BCUT2D eigenvalue weighted by Crippen LogP contribution is -2.49. The zero-order chi connectivity index (χ0) is 21.9. The van der Waals surface area contributed by atoms with Gasteiger partial charge in [-0.25, -0.2) is 0 Å². The number of rotatable bonds is 8. The molecule has 0 aliphatic carbocycles. The van der Waals surface area contributed by atoms with Crippen molar-refractivity contribution in [3.8, 4) is 5.75 Å². The lowest BCUT2D eigenvalue weighted by atomic mass is 10.0. The maximum Gasteiger partial charge on any atom is 0.251 e. The number of aliphatic imine (C=N–C) groups is 1. The lowest BCUT2D eigenvalue weighted by Gasteiger charge is -2.33. The van der Waals surface area contributed by atoms with Gasteiger partial charge in [0, 0.05) is 51.4 Å². The molecular weight excluding hydrogens is 390 g/mol. The molecule has 1 saturated heterocycles. The van der Waals surface area contributed by atoms with Gasteiger partial charge in [-0.05, 0) is 42.7 Å². The number of hydrogen-bond acceptors (Lipinski definition) is 4. The molecule has 3 rings (SSSR count). The van der Waals surface area contributed by atoms with Gasteiger partial charge < -0.3 is 20.7 Å². The molecule has 2 aromatic carbocycles. The number of nitrogens with zero attached hydrogens (tertiary/aromatic N) is 2. The molecule has 0 atom stereocenters. The van der Waals surface area contributed by atoms with Gasteiger partial charge in [-0.1, -0.05) is 30.3 Å². The number of piperidine rings is 1. The molecule has 1 fully saturated rings. The summed E-state index contributed by atoms with van der Waals surface area (Å²) in [6.45, 7) is 4.27. The van der Waals surface area contributed by atoms with Gasteiger partial charge in [0.05, 0.1) is 7.11 Å². The summed E-state index contributed by atoms with van der Waals surface area (Å²) in [4.78, 5) is 19.0. The van der Waals surface area contributed by atoms with Crippen LogP contribution in [0.5, 0.6) is 5.75 Å². The molecule has 1 aliphatic heterocycles. The fourth-order valence-electron chi connectivity index (χ4n) is 3.67. The average molecular weight is 424 g/mol. The number of carbonyl (C=O) groups excluding carboxylic acids is 1. The molecule has 3 N–H and O–H groups in total. The third kappa shape index (κ3) is 7.29. The first-order chi connectivity index (χ1) is 15.2. The van der Waals surface area contributed by atoms with Gasteiger partial charge in [-0.3, -0.25) is 14.7 Å². The standard InChI is InChI=1S/C24H33N5O2/c1-25-24(27-15-14-26-23(30)20-8-10-22(31-2)11-9-20)28-21-12-16-29(17-13-21)18-19-6-4-3-5-7-19/h3-11,21H,12-18H2,1-2H3,(H,26,30)(H2,25,27,28). The number of amides is 1. The fourth-order valence-corrected chi connectivity index (χ4v) is 3.67. The number of ether oxygens (including phenoxy) is 1. The van der Waals surface area contributed by atoms with Crippen LogP contribution >= 0.6 is 0 Å². The molecule has 1 aliphatic rings. The minimum atomic E-state index is -0.0989. The van der Waals surface area contributed by atoms with Gasteiger partial charge in [-0.15, -0.1) is 0 Å². The Morgan fingerprint density at radius 1 is 1.03 bits per heavy atom. The summed E-state index contributed by atoms with van der Waals surface area (Å²) in [6, 6.07) is 18.1. The van der Waals surface area contributed by atoms with Crippen LogP contribution in [0.25, 0.3) is 0 Å². The van der Waals surface area contributed by atoms with Crippen molar-refractivity contribution in [1.82, 2.24) is 20.9 Å². The van der Waals surface area contributed by atoms with Crippen molar-refractivity contribution in [2.45, 2.75) is 25.4 Å². The maximum atomic E-state index is 12.2. The first-order valence-corrected chi connectivity index (χ1v) is 10.8. The summed E-state index contributed by atoms with van der Waals surface area (Å²) in [5, 5.41) is 9.71. The van der Waals surface area contributed by atoms with E-state index in [1.165, 1.54) is 5.56 Å². The average Bonchev–Trinajstić information content (AvgIpc) is 2.82. The Kier molecular flexibility index (Phi) is 8.72. The second-order valence-corrected chi connectivity index (χ2v) is 7.66. The van der Waals surface area contributed by atoms with Crippen LogP contribution in [0.3, 0.4) is 0 Å². The van der Waals surface area contributed by atoms with Crippen molar-refractivity contribution >= 4 is 11.9 Å². The Balaban J connectivity index is 1.33. The van der Waals surface area contributed by atoms with E-state index in [2.05, 4.69) is 56.2 Å². The number of likely N-dealkylation sites (tertiary alicyclic amines) is 1. The van der Waals surface area contributed by atoms with Crippen LogP contribution < -0.4 is 20.7 Å². The minimum Gasteiger partial charge on any atom is -0.497 e. The third-order valence-electron chi connectivity index (χ3n) is 5.46. The van der Waals surface area contributed by atoms with Crippen molar-refractivity contribution in [3.05, 3.63) is 65.7 Å². The number of carbonyl (C=O) groups is 1. The Morgan fingerprint density at radius 2 is 1.71 bits per heavy atom. The normalized spacial score (nSPS) is 15.4. The van der Waals surface area contributed by atoms with E-state index in [-0.39, 0.29) is 5.91 Å². The summed E-state index contributed by atoms with van der Waals surface area (Å²) in [6.07, 6.45) is 2.17. The Bertz CT molecular complexity index is 831. The summed E-state index contributed by atoms with van der Waals surface area (Å²) < 4.78 is 5.12. The molecule has 0 radical (unpaired) electrons. The maximum absolute atomic E-state index is 12.2. The minimum absolute atomic E-state index is 0.0989. The smallest absolute Gasteiger partial charge is 0.251 e. The van der Waals surface area contributed by atoms with E-state index in [0.717, 1.165) is 44.2 Å². The van der Waals surface area contributed by atoms with Crippen LogP contribution in [0.1, 0.15) is 28.8 Å². The number of guanidine groups is 1. The number of benzene rings is 2. The van der Waals surface area contributed by atoms with Crippen molar-refractivity contribution in [3.63, 3.8) is 0 Å². The van der Waals surface area contributed by atoms with Crippen molar-refractivity contribution in [2.24, 2.45) is 4.99 Å². The summed E-state index contributed by atoms with van der Waals surface area (Å²) in [7, 11) is 3.38. The predicted molar refractivity (Wildman–Crippen MR) is 125 cm³/mol. The molecule has 0 aromatic heterocycles. The van der Waals surface area contributed by atoms with Crippen LogP contribution in [0.15, 0.2) is 59.6 Å². The molecule has 0 spiro atoms. The highest BCUT2D eigenvalue weighted by Gasteiger charge is 2.20. The predicted octanol–water partition coefficient (Wildman–Crippen LogP) is 2.25. The molecule has 1 amide bonds. The quantitative estimate of drug-likeness (QED) is 0.345. The van der Waals surface area contributed by atoms with Gasteiger partial charge in [0.1, 0.15) is 5.75 Å². The first kappa shape index (κ1) is 22.6. The molecule has 7 nitrogen and oxygen atoms in total. The van der Waals surface area contributed by atoms with E-state index in [1.807, 2.05) is 0 Å². The van der Waals surface area contributed by atoms with Gasteiger partial charge >= 0.3 is 0 Å². The molecule has 2 aromatic rings. The topological polar surface area (TPSA) is 78.0 Å². The molecule has 0 unspecified atom stereocenters. The van der Waals surface area contributed by atoms with Crippen LogP contribution in [0.4, 0.5) is 0 Å². The Labute approximate surface area is 184 Å². The van der Waals surface area contributed by atoms with Crippen molar-refractivity contribution in [2.75, 3.05) is 40.3 Å². The molecule has 1 heterocycles. The van der Waals surface area contributed by atoms with Crippen molar-refractivity contribution in [1.29, 1.82) is 0 Å². The highest BCUT2D eigenvalue weighted by Crippen LogP contribution is 2.14. The number of methoxy groups -OCH3 is 1. The van der Waals surface area contributed by atoms with E-state index in [9.17, 15) is 4.79 Å². The largest absolute Gasteiger partial charge is 0.497 e. The van der Waals surface area contributed by atoms with Crippen molar-refractivity contribution < 1.29 is 9.53 Å². The van der Waals surface area contributed by atoms with E-state index >= 15 is 0 Å². The third-order valence-corrected chi connectivity index (χ3v) is 5.46. The first-order valence-electron chi connectivity index (χ1n) is 10.8. The van der Waals surface area contributed by atoms with Gasteiger partial charge in [0.25, 0.3) is 5.91 Å². The van der Waals surface area contributed by atoms with E-state index in [4.69, 9.17) is 4.74 Å². The Hall–Kier alpha value is -3.06. The second kappa shape index (κ2) is 12.0. The number of nitrogens with one attached hydrogen (secondary N) is 3. The SMILES string of the molecule is CN=C(NCCNC(=O)c1ccc(OC)cc1)NC1CCN(Cc2ccccc2)CC1. The van der Waals surface area contributed by atoms with Gasteiger partial charge in [0.2, 0.25) is 0 Å². The molecular formula is C24H33N5O2. The Morgan fingerprint density at radius 3 is 2.35 bits per heavy atom. The number of hydrogen-bond donors (Lipinski definition) is 3. The highest BCUT2D eigenvalue weighted by atomic mass is 16.5. The molecule has 166 valence electrons. The lowest BCUT2D eigenvalue weighted by molar-refractivity contribution is 0.0954. The summed E-state index contributed by atoms with van der Waals surface area (Å²) in [5.41, 5.74) is 1.98. The molecule has 0 bridgehead atoms. The molecule has 31 heavy (non-hydrogen) atoms. The molecule has 7 heteroatoms.